The Morgan fingerprint density at radius 3 is 1.67 bits per heavy atom. The molecule has 0 rings (SSSR count). The molecule has 0 saturated heterocycles. The van der Waals surface area contributed by atoms with Crippen LogP contribution in [0.3, 0.4) is 0 Å². The zero-order chi connectivity index (χ0) is 19.0. The van der Waals surface area contributed by atoms with E-state index >= 15 is 0 Å². The molecule has 0 bridgehead atoms. The standard InChI is InChI=1S/C14H26N4O6/c1-6(2)10(15)13(22)17-7(3)11(20)16-8(4)12(21)18-9(5-19)14(23)24/h6-10,19H,5,15H2,1-4H3,(H,16,20)(H,17,22)(H,18,21)(H,23,24). The molecule has 4 atom stereocenters. The van der Waals surface area contributed by atoms with Crippen LogP contribution in [0.15, 0.2) is 0 Å². The van der Waals surface area contributed by atoms with Crippen molar-refractivity contribution >= 4 is 23.7 Å². The second-order valence-electron chi connectivity index (χ2n) is 5.81. The van der Waals surface area contributed by atoms with Crippen LogP contribution in [0.25, 0.3) is 0 Å². The summed E-state index contributed by atoms with van der Waals surface area (Å²) in [5, 5.41) is 24.4. The van der Waals surface area contributed by atoms with Gasteiger partial charge in [0.05, 0.1) is 12.6 Å². The van der Waals surface area contributed by atoms with Gasteiger partial charge in [0.2, 0.25) is 17.7 Å². The minimum absolute atomic E-state index is 0.101. The summed E-state index contributed by atoms with van der Waals surface area (Å²) in [7, 11) is 0. The molecule has 3 amide bonds. The van der Waals surface area contributed by atoms with Crippen molar-refractivity contribution in [3.63, 3.8) is 0 Å². The summed E-state index contributed by atoms with van der Waals surface area (Å²) >= 11 is 0. The molecule has 10 heteroatoms. The normalized spacial score (nSPS) is 15.8. The van der Waals surface area contributed by atoms with E-state index in [9.17, 15) is 19.2 Å². The van der Waals surface area contributed by atoms with Crippen molar-refractivity contribution in [1.29, 1.82) is 0 Å². The van der Waals surface area contributed by atoms with E-state index in [1.54, 1.807) is 13.8 Å². The number of carboxylic acid groups (broad SMARTS) is 1. The van der Waals surface area contributed by atoms with Crippen LogP contribution in [0.5, 0.6) is 0 Å². The Morgan fingerprint density at radius 2 is 1.29 bits per heavy atom. The van der Waals surface area contributed by atoms with E-state index in [0.717, 1.165) is 0 Å². The minimum Gasteiger partial charge on any atom is -0.480 e. The fourth-order valence-electron chi connectivity index (χ4n) is 1.56. The number of aliphatic hydroxyl groups excluding tert-OH is 1. The molecule has 4 unspecified atom stereocenters. The highest BCUT2D eigenvalue weighted by Crippen LogP contribution is 1.99. The maximum atomic E-state index is 12.0. The number of carbonyl (C=O) groups excluding carboxylic acids is 3. The van der Waals surface area contributed by atoms with Gasteiger partial charge in [-0.1, -0.05) is 13.8 Å². The first-order chi connectivity index (χ1) is 11.0. The van der Waals surface area contributed by atoms with Gasteiger partial charge in [0, 0.05) is 0 Å². The molecule has 138 valence electrons. The monoisotopic (exact) mass is 346 g/mol. The Balaban J connectivity index is 4.55. The number of rotatable bonds is 9. The number of hydrogen-bond donors (Lipinski definition) is 6. The van der Waals surface area contributed by atoms with Gasteiger partial charge in [0.25, 0.3) is 0 Å². The van der Waals surface area contributed by atoms with Gasteiger partial charge in [-0.25, -0.2) is 4.79 Å². The average molecular weight is 346 g/mol. The molecule has 0 aliphatic carbocycles. The highest BCUT2D eigenvalue weighted by molar-refractivity contribution is 5.93. The number of carboxylic acids is 1. The summed E-state index contributed by atoms with van der Waals surface area (Å²) in [5.74, 6) is -3.39. The molecule has 0 aliphatic heterocycles. The number of amides is 3. The average Bonchev–Trinajstić information content (AvgIpc) is 2.50. The molecule has 7 N–H and O–H groups in total. The SMILES string of the molecule is CC(NC(=O)C(C)NC(=O)C(N)C(C)C)C(=O)NC(CO)C(=O)O. The van der Waals surface area contributed by atoms with Gasteiger partial charge < -0.3 is 31.9 Å². The maximum absolute atomic E-state index is 12.0. The van der Waals surface area contributed by atoms with Gasteiger partial charge in [-0.3, -0.25) is 14.4 Å². The predicted molar refractivity (Wildman–Crippen MR) is 84.7 cm³/mol. The van der Waals surface area contributed by atoms with Crippen LogP contribution >= 0.6 is 0 Å². The lowest BCUT2D eigenvalue weighted by Gasteiger charge is -2.21. The quantitative estimate of drug-likeness (QED) is 0.269. The van der Waals surface area contributed by atoms with Crippen LogP contribution in [0, 0.1) is 5.92 Å². The molecule has 0 heterocycles. The molecule has 0 radical (unpaired) electrons. The topological polar surface area (TPSA) is 171 Å². The number of carbonyl (C=O) groups is 4. The van der Waals surface area contributed by atoms with Gasteiger partial charge in [-0.2, -0.15) is 0 Å². The molecule has 0 spiro atoms. The third-order valence-corrected chi connectivity index (χ3v) is 3.32. The molecule has 0 aromatic carbocycles. The van der Waals surface area contributed by atoms with Crippen molar-refractivity contribution in [2.45, 2.75) is 51.9 Å². The smallest absolute Gasteiger partial charge is 0.328 e. The van der Waals surface area contributed by atoms with Crippen molar-refractivity contribution in [3.8, 4) is 0 Å². The van der Waals surface area contributed by atoms with Crippen molar-refractivity contribution in [2.75, 3.05) is 6.61 Å². The highest BCUT2D eigenvalue weighted by atomic mass is 16.4. The Hall–Kier alpha value is -2.20. The number of aliphatic carboxylic acids is 1. The highest BCUT2D eigenvalue weighted by Gasteiger charge is 2.26. The van der Waals surface area contributed by atoms with Crippen molar-refractivity contribution in [3.05, 3.63) is 0 Å². The second kappa shape index (κ2) is 9.83. The van der Waals surface area contributed by atoms with Crippen molar-refractivity contribution < 1.29 is 29.4 Å². The number of aliphatic hydroxyl groups is 1. The minimum atomic E-state index is -1.46. The number of nitrogens with two attached hydrogens (primary N) is 1. The maximum Gasteiger partial charge on any atom is 0.328 e. The zero-order valence-corrected chi connectivity index (χ0v) is 14.2. The van der Waals surface area contributed by atoms with Crippen molar-refractivity contribution in [2.24, 2.45) is 11.7 Å². The van der Waals surface area contributed by atoms with Crippen LogP contribution < -0.4 is 21.7 Å². The van der Waals surface area contributed by atoms with E-state index in [2.05, 4.69) is 16.0 Å². The summed E-state index contributed by atoms with van der Waals surface area (Å²) in [5.41, 5.74) is 5.67. The van der Waals surface area contributed by atoms with E-state index in [0.29, 0.717) is 0 Å². The fraction of sp³-hybridized carbons (Fsp3) is 0.714. The first-order valence-electron chi connectivity index (χ1n) is 7.51. The zero-order valence-electron chi connectivity index (χ0n) is 14.2. The molecule has 0 aliphatic rings. The van der Waals surface area contributed by atoms with E-state index in [-0.39, 0.29) is 5.92 Å². The van der Waals surface area contributed by atoms with E-state index in [1.807, 2.05) is 0 Å². The fourth-order valence-corrected chi connectivity index (χ4v) is 1.56. The molecule has 10 nitrogen and oxygen atoms in total. The molecule has 0 aromatic rings. The van der Waals surface area contributed by atoms with Gasteiger partial charge in [-0.15, -0.1) is 0 Å². The Bertz CT molecular complexity index is 482. The molecule has 24 heavy (non-hydrogen) atoms. The molecule has 0 aromatic heterocycles. The molecular weight excluding hydrogens is 320 g/mol. The van der Waals surface area contributed by atoms with Crippen molar-refractivity contribution in [1.82, 2.24) is 16.0 Å². The van der Waals surface area contributed by atoms with Crippen LogP contribution in [0.1, 0.15) is 27.7 Å². The second-order valence-corrected chi connectivity index (χ2v) is 5.81. The summed E-state index contributed by atoms with van der Waals surface area (Å²) < 4.78 is 0. The largest absolute Gasteiger partial charge is 0.480 e. The lowest BCUT2D eigenvalue weighted by Crippen LogP contribution is -2.56. The third kappa shape index (κ3) is 6.92. The lowest BCUT2D eigenvalue weighted by atomic mass is 10.0. The van der Waals surface area contributed by atoms with Gasteiger partial charge in [-0.05, 0) is 19.8 Å². The van der Waals surface area contributed by atoms with Crippen LogP contribution in [-0.4, -0.2) is 64.7 Å². The van der Waals surface area contributed by atoms with Gasteiger partial charge in [0.15, 0.2) is 0 Å². The molecule has 0 fully saturated rings. The van der Waals surface area contributed by atoms with Gasteiger partial charge in [0.1, 0.15) is 18.1 Å². The Kier molecular flexibility index (Phi) is 8.93. The van der Waals surface area contributed by atoms with Crippen LogP contribution in [-0.2, 0) is 19.2 Å². The Labute approximate surface area is 140 Å². The summed E-state index contributed by atoms with van der Waals surface area (Å²) in [6, 6.07) is -4.20. The number of nitrogens with one attached hydrogen (secondary N) is 3. The first-order valence-corrected chi connectivity index (χ1v) is 7.51. The predicted octanol–water partition coefficient (Wildman–Crippen LogP) is -2.46. The van der Waals surface area contributed by atoms with E-state index in [4.69, 9.17) is 15.9 Å². The molecular formula is C14H26N4O6. The summed E-state index contributed by atoms with van der Waals surface area (Å²) in [6.07, 6.45) is 0. The Morgan fingerprint density at radius 1 is 0.875 bits per heavy atom. The first kappa shape index (κ1) is 21.8. The van der Waals surface area contributed by atoms with E-state index in [1.165, 1.54) is 13.8 Å². The lowest BCUT2D eigenvalue weighted by molar-refractivity contribution is -0.143. The third-order valence-electron chi connectivity index (χ3n) is 3.32. The van der Waals surface area contributed by atoms with E-state index < -0.39 is 54.5 Å². The van der Waals surface area contributed by atoms with Crippen LogP contribution in [0.2, 0.25) is 0 Å². The van der Waals surface area contributed by atoms with Crippen LogP contribution in [0.4, 0.5) is 0 Å². The summed E-state index contributed by atoms with van der Waals surface area (Å²) in [4.78, 5) is 46.3. The molecule has 0 saturated carbocycles. The summed E-state index contributed by atoms with van der Waals surface area (Å²) in [6.45, 7) is 5.53. The number of hydrogen-bond acceptors (Lipinski definition) is 6. The van der Waals surface area contributed by atoms with Gasteiger partial charge >= 0.3 is 5.97 Å².